The van der Waals surface area contributed by atoms with Gasteiger partial charge < -0.3 is 4.90 Å². The Morgan fingerprint density at radius 3 is 2.73 bits per heavy atom. The van der Waals surface area contributed by atoms with Crippen LogP contribution in [0.25, 0.3) is 0 Å². The average molecular weight is 363 g/mol. The van der Waals surface area contributed by atoms with Gasteiger partial charge in [0.2, 0.25) is 0 Å². The number of carbonyl (C=O) groups is 1. The van der Waals surface area contributed by atoms with Crippen molar-refractivity contribution in [2.45, 2.75) is 50.7 Å². The van der Waals surface area contributed by atoms with Gasteiger partial charge in [-0.25, -0.2) is 0 Å². The highest BCUT2D eigenvalue weighted by atomic mass is 19.4. The van der Waals surface area contributed by atoms with Crippen LogP contribution in [0.3, 0.4) is 0 Å². The lowest BCUT2D eigenvalue weighted by atomic mass is 9.88. The Morgan fingerprint density at radius 2 is 2.04 bits per heavy atom. The summed E-state index contributed by atoms with van der Waals surface area (Å²) in [7, 11) is 0. The molecule has 2 aliphatic rings. The van der Waals surface area contributed by atoms with Crippen molar-refractivity contribution in [1.29, 1.82) is 0 Å². The lowest BCUT2D eigenvalue weighted by Gasteiger charge is -2.19. The predicted molar refractivity (Wildman–Crippen MR) is 91.0 cm³/mol. The number of nitrogens with zero attached hydrogens (tertiary/aromatic N) is 3. The van der Waals surface area contributed by atoms with Gasteiger partial charge in [0, 0.05) is 18.4 Å². The molecule has 4 rings (SSSR count). The molecule has 7 heteroatoms. The number of benzene rings is 1. The molecule has 1 aliphatic heterocycles. The Hall–Kier alpha value is -2.31. The summed E-state index contributed by atoms with van der Waals surface area (Å²) in [4.78, 5) is 14.3. The second kappa shape index (κ2) is 5.59. The maximum Gasteiger partial charge on any atom is 0.416 e. The van der Waals surface area contributed by atoms with Crippen LogP contribution in [0.1, 0.15) is 49.6 Å². The highest BCUT2D eigenvalue weighted by Gasteiger charge is 2.39. The van der Waals surface area contributed by atoms with Gasteiger partial charge in [0.15, 0.2) is 0 Å². The molecule has 26 heavy (non-hydrogen) atoms. The summed E-state index contributed by atoms with van der Waals surface area (Å²) in [6.45, 7) is 4.71. The maximum absolute atomic E-state index is 12.9. The van der Waals surface area contributed by atoms with Crippen molar-refractivity contribution in [2.75, 3.05) is 11.4 Å². The molecule has 0 bridgehead atoms. The minimum Gasteiger partial charge on any atom is -0.310 e. The molecule has 1 aliphatic carbocycles. The third-order valence-corrected chi connectivity index (χ3v) is 5.51. The van der Waals surface area contributed by atoms with E-state index < -0.39 is 17.8 Å². The molecule has 0 N–H and O–H groups in total. The molecule has 2 aromatic rings. The first-order chi connectivity index (χ1) is 12.2. The number of halogens is 3. The zero-order chi connectivity index (χ0) is 18.7. The van der Waals surface area contributed by atoms with Crippen LogP contribution < -0.4 is 4.90 Å². The minimum absolute atomic E-state index is 0.0516. The first-order valence-corrected chi connectivity index (χ1v) is 8.74. The largest absolute Gasteiger partial charge is 0.416 e. The monoisotopic (exact) mass is 363 g/mol. The van der Waals surface area contributed by atoms with Gasteiger partial charge in [0.25, 0.3) is 5.91 Å². The van der Waals surface area contributed by atoms with Crippen LogP contribution in [0.4, 0.5) is 18.9 Å². The number of hydrogen-bond acceptors (Lipinski definition) is 2. The summed E-state index contributed by atoms with van der Waals surface area (Å²) < 4.78 is 40.5. The minimum atomic E-state index is -4.42. The Kier molecular flexibility index (Phi) is 3.68. The number of fused-ring (bicyclic) bond motifs is 1. The average Bonchev–Trinajstić information content (AvgIpc) is 3.22. The first kappa shape index (κ1) is 17.1. The van der Waals surface area contributed by atoms with Gasteiger partial charge in [-0.3, -0.25) is 9.48 Å². The molecule has 138 valence electrons. The third-order valence-electron chi connectivity index (χ3n) is 5.51. The van der Waals surface area contributed by atoms with E-state index in [0.717, 1.165) is 30.7 Å². The molecule has 1 saturated heterocycles. The Bertz CT molecular complexity index is 869. The second-order valence-electron chi connectivity index (χ2n) is 7.70. The Balaban J connectivity index is 1.60. The molecule has 0 spiro atoms. The van der Waals surface area contributed by atoms with Crippen molar-refractivity contribution < 1.29 is 18.0 Å². The summed E-state index contributed by atoms with van der Waals surface area (Å²) in [6, 6.07) is 4.48. The van der Waals surface area contributed by atoms with Gasteiger partial charge >= 0.3 is 6.18 Å². The van der Waals surface area contributed by atoms with E-state index in [1.165, 1.54) is 16.5 Å². The number of carbonyl (C=O) groups excluding carboxylic acids is 1. The van der Waals surface area contributed by atoms with Crippen LogP contribution in [0.15, 0.2) is 30.5 Å². The zero-order valence-electron chi connectivity index (χ0n) is 14.7. The van der Waals surface area contributed by atoms with E-state index in [-0.39, 0.29) is 17.0 Å². The number of aryl methyl sites for hydroxylation is 1. The smallest absolute Gasteiger partial charge is 0.310 e. The molecule has 1 unspecified atom stereocenters. The SMILES string of the molecule is CC1(C)CCc2nn(C3CCN(c4cccc(C(F)(F)F)c4)C3=O)cc21. The predicted octanol–water partition coefficient (Wildman–Crippen LogP) is 4.10. The topological polar surface area (TPSA) is 38.1 Å². The normalized spacial score (nSPS) is 22.1. The Labute approximate surface area is 149 Å². The van der Waals surface area contributed by atoms with Crippen molar-refractivity contribution in [3.63, 3.8) is 0 Å². The summed E-state index contributed by atoms with van der Waals surface area (Å²) >= 11 is 0. The molecule has 0 radical (unpaired) electrons. The van der Waals surface area contributed by atoms with Gasteiger partial charge in [-0.05, 0) is 48.4 Å². The van der Waals surface area contributed by atoms with Gasteiger partial charge in [-0.15, -0.1) is 0 Å². The fourth-order valence-electron chi connectivity index (χ4n) is 3.92. The third kappa shape index (κ3) is 2.70. The lowest BCUT2D eigenvalue weighted by Crippen LogP contribution is -2.29. The van der Waals surface area contributed by atoms with Gasteiger partial charge in [0.05, 0.1) is 11.3 Å². The molecule has 0 saturated carbocycles. The molecular formula is C19H20F3N3O. The molecule has 1 aromatic carbocycles. The van der Waals surface area contributed by atoms with Crippen molar-refractivity contribution in [3.05, 3.63) is 47.3 Å². The highest BCUT2D eigenvalue weighted by Crippen LogP contribution is 2.39. The van der Waals surface area contributed by atoms with Crippen LogP contribution in [-0.4, -0.2) is 22.2 Å². The summed E-state index contributed by atoms with van der Waals surface area (Å²) in [5.41, 5.74) is 1.79. The van der Waals surface area contributed by atoms with Gasteiger partial charge in [-0.1, -0.05) is 19.9 Å². The number of aromatic nitrogens is 2. The maximum atomic E-state index is 12.9. The number of alkyl halides is 3. The molecule has 1 atom stereocenters. The van der Waals surface area contributed by atoms with Crippen molar-refractivity contribution in [1.82, 2.24) is 9.78 Å². The van der Waals surface area contributed by atoms with E-state index in [1.807, 2.05) is 6.20 Å². The molecule has 1 fully saturated rings. The number of hydrogen-bond donors (Lipinski definition) is 0. The van der Waals surface area contributed by atoms with Gasteiger partial charge in [0.1, 0.15) is 6.04 Å². The number of rotatable bonds is 2. The first-order valence-electron chi connectivity index (χ1n) is 8.74. The molecule has 2 heterocycles. The molecule has 4 nitrogen and oxygen atoms in total. The fourth-order valence-corrected chi connectivity index (χ4v) is 3.92. The van der Waals surface area contributed by atoms with E-state index in [1.54, 1.807) is 10.7 Å². The summed E-state index contributed by atoms with van der Waals surface area (Å²) in [6.07, 6.45) is -0.00275. The summed E-state index contributed by atoms with van der Waals surface area (Å²) in [5.74, 6) is -0.205. The second-order valence-corrected chi connectivity index (χ2v) is 7.70. The van der Waals surface area contributed by atoms with Crippen LogP contribution in [0.5, 0.6) is 0 Å². The van der Waals surface area contributed by atoms with E-state index in [9.17, 15) is 18.0 Å². The molecule has 1 aromatic heterocycles. The van der Waals surface area contributed by atoms with Crippen molar-refractivity contribution in [3.8, 4) is 0 Å². The van der Waals surface area contributed by atoms with E-state index in [0.29, 0.717) is 13.0 Å². The van der Waals surface area contributed by atoms with Gasteiger partial charge in [-0.2, -0.15) is 18.3 Å². The molecular weight excluding hydrogens is 343 g/mol. The van der Waals surface area contributed by atoms with Crippen LogP contribution in [-0.2, 0) is 22.8 Å². The Morgan fingerprint density at radius 1 is 1.27 bits per heavy atom. The lowest BCUT2D eigenvalue weighted by molar-refractivity contribution is -0.137. The number of anilines is 1. The standard InChI is InChI=1S/C19H20F3N3O/c1-18(2)8-6-15-14(18)11-25(23-15)16-7-9-24(17(16)26)13-5-3-4-12(10-13)19(20,21)22/h3-5,10-11,16H,6-9H2,1-2H3. The zero-order valence-corrected chi connectivity index (χ0v) is 14.7. The van der Waals surface area contributed by atoms with Crippen LogP contribution in [0, 0.1) is 0 Å². The van der Waals surface area contributed by atoms with E-state index in [4.69, 9.17) is 0 Å². The fraction of sp³-hybridized carbons (Fsp3) is 0.474. The summed E-state index contributed by atoms with van der Waals surface area (Å²) in [5, 5.41) is 4.59. The van der Waals surface area contributed by atoms with Crippen LogP contribution in [0.2, 0.25) is 0 Å². The highest BCUT2D eigenvalue weighted by molar-refractivity contribution is 5.98. The van der Waals surface area contributed by atoms with Crippen LogP contribution >= 0.6 is 0 Å². The van der Waals surface area contributed by atoms with Crippen molar-refractivity contribution >= 4 is 11.6 Å². The van der Waals surface area contributed by atoms with E-state index >= 15 is 0 Å². The van der Waals surface area contributed by atoms with Crippen molar-refractivity contribution in [2.24, 2.45) is 0 Å². The van der Waals surface area contributed by atoms with E-state index in [2.05, 4.69) is 18.9 Å². The number of amides is 1. The molecule has 1 amide bonds. The quantitative estimate of drug-likeness (QED) is 0.806.